The molecule has 0 fully saturated rings. The molecule has 0 unspecified atom stereocenters. The van der Waals surface area contributed by atoms with Gasteiger partial charge in [-0.25, -0.2) is 28.1 Å². The summed E-state index contributed by atoms with van der Waals surface area (Å²) in [5.74, 6) is 0.320. The molecule has 0 aliphatic heterocycles. The van der Waals surface area contributed by atoms with E-state index in [-0.39, 0.29) is 18.0 Å². The minimum absolute atomic E-state index is 0.142. The van der Waals surface area contributed by atoms with Crippen molar-refractivity contribution in [1.82, 2.24) is 24.1 Å². The van der Waals surface area contributed by atoms with E-state index >= 15 is 0 Å². The minimum Gasteiger partial charge on any atom is -0.383 e. The maximum absolute atomic E-state index is 12.3. The van der Waals surface area contributed by atoms with Crippen molar-refractivity contribution in [3.8, 4) is 17.5 Å². The molecule has 2 N–H and O–H groups in total. The summed E-state index contributed by atoms with van der Waals surface area (Å²) in [6, 6.07) is 15.4. The van der Waals surface area contributed by atoms with Crippen LogP contribution in [0.3, 0.4) is 0 Å². The van der Waals surface area contributed by atoms with Crippen molar-refractivity contribution in [1.29, 1.82) is 5.26 Å². The van der Waals surface area contributed by atoms with Gasteiger partial charge >= 0.3 is 0 Å². The maximum Gasteiger partial charge on any atom is 0.240 e. The van der Waals surface area contributed by atoms with Crippen molar-refractivity contribution in [3.63, 3.8) is 0 Å². The average Bonchev–Trinajstić information content (AvgIpc) is 3.24. The number of nitrogens with zero attached hydrogens (tertiary/aromatic N) is 5. The molecule has 0 aliphatic carbocycles. The van der Waals surface area contributed by atoms with E-state index in [2.05, 4.69) is 31.1 Å². The van der Waals surface area contributed by atoms with Crippen LogP contribution in [0.4, 0.5) is 11.6 Å². The highest BCUT2D eigenvalue weighted by Gasteiger charge is 2.14. The van der Waals surface area contributed by atoms with Crippen LogP contribution in [0.25, 0.3) is 17.0 Å². The number of anilines is 2. The molecule has 0 saturated heterocycles. The number of imidazole rings is 1. The van der Waals surface area contributed by atoms with Crippen LogP contribution in [-0.4, -0.2) is 48.0 Å². The standard InChI is InChI=1S/C21H19N7O3S/c1-31-12-11-25-32(29,30)17-7-5-15(6-8-17)26-21-23-10-9-18(27-21)19-14-24-20-4-2-3-16(13-22)28(19)20/h2-10,14,25H,11-12H2,1H3,(H,23,26,27). The summed E-state index contributed by atoms with van der Waals surface area (Å²) in [5.41, 5.74) is 2.95. The number of nitrogens with one attached hydrogen (secondary N) is 2. The molecule has 32 heavy (non-hydrogen) atoms. The van der Waals surface area contributed by atoms with Crippen LogP contribution in [-0.2, 0) is 14.8 Å². The van der Waals surface area contributed by atoms with E-state index in [0.29, 0.717) is 34.4 Å². The van der Waals surface area contributed by atoms with Crippen LogP contribution in [0, 0.1) is 11.3 Å². The number of hydrogen-bond donors (Lipinski definition) is 2. The van der Waals surface area contributed by atoms with Crippen molar-refractivity contribution >= 4 is 27.3 Å². The van der Waals surface area contributed by atoms with Gasteiger partial charge in [0.1, 0.15) is 17.4 Å². The van der Waals surface area contributed by atoms with Crippen molar-refractivity contribution < 1.29 is 13.2 Å². The van der Waals surface area contributed by atoms with Crippen LogP contribution < -0.4 is 10.0 Å². The third kappa shape index (κ3) is 4.42. The second-order valence-corrected chi connectivity index (χ2v) is 8.43. The van der Waals surface area contributed by atoms with Gasteiger partial charge in [-0.05, 0) is 42.5 Å². The Morgan fingerprint density at radius 3 is 2.69 bits per heavy atom. The third-order valence-electron chi connectivity index (χ3n) is 4.58. The van der Waals surface area contributed by atoms with E-state index in [0.717, 1.165) is 0 Å². The van der Waals surface area contributed by atoms with E-state index in [4.69, 9.17) is 4.74 Å². The number of aromatic nitrogens is 4. The predicted octanol–water partition coefficient (Wildman–Crippen LogP) is 2.33. The maximum atomic E-state index is 12.3. The fraction of sp³-hybridized carbons (Fsp3) is 0.143. The van der Waals surface area contributed by atoms with E-state index in [1.165, 1.54) is 19.2 Å². The molecule has 11 heteroatoms. The lowest BCUT2D eigenvalue weighted by molar-refractivity contribution is 0.204. The molecular weight excluding hydrogens is 430 g/mol. The number of methoxy groups -OCH3 is 1. The van der Waals surface area contributed by atoms with E-state index in [1.54, 1.807) is 47.1 Å². The van der Waals surface area contributed by atoms with Gasteiger partial charge in [0.2, 0.25) is 16.0 Å². The zero-order chi connectivity index (χ0) is 22.6. The van der Waals surface area contributed by atoms with Gasteiger partial charge in [-0.2, -0.15) is 5.26 Å². The third-order valence-corrected chi connectivity index (χ3v) is 6.06. The second-order valence-electron chi connectivity index (χ2n) is 6.67. The summed E-state index contributed by atoms with van der Waals surface area (Å²) in [7, 11) is -2.11. The highest BCUT2D eigenvalue weighted by molar-refractivity contribution is 7.89. The van der Waals surface area contributed by atoms with Crippen molar-refractivity contribution in [2.75, 3.05) is 25.6 Å². The Morgan fingerprint density at radius 2 is 1.94 bits per heavy atom. The monoisotopic (exact) mass is 449 g/mol. The minimum atomic E-state index is -3.61. The SMILES string of the molecule is COCCNS(=O)(=O)c1ccc(Nc2nccc(-c3cnc4cccc(C#N)n34)n2)cc1. The smallest absolute Gasteiger partial charge is 0.240 e. The van der Waals surface area contributed by atoms with Crippen molar-refractivity contribution in [2.45, 2.75) is 4.90 Å². The first kappa shape index (κ1) is 21.4. The lowest BCUT2D eigenvalue weighted by Crippen LogP contribution is -2.27. The molecule has 4 aromatic rings. The van der Waals surface area contributed by atoms with Gasteiger partial charge in [-0.1, -0.05) is 6.07 Å². The summed E-state index contributed by atoms with van der Waals surface area (Å²) < 4.78 is 33.6. The van der Waals surface area contributed by atoms with Crippen molar-refractivity contribution in [3.05, 3.63) is 66.6 Å². The average molecular weight is 449 g/mol. The zero-order valence-electron chi connectivity index (χ0n) is 17.1. The van der Waals surface area contributed by atoms with Gasteiger partial charge < -0.3 is 10.1 Å². The summed E-state index contributed by atoms with van der Waals surface area (Å²) in [5, 5.41) is 12.5. The van der Waals surface area contributed by atoms with Gasteiger partial charge in [-0.15, -0.1) is 0 Å². The van der Waals surface area contributed by atoms with Gasteiger partial charge in [0.05, 0.1) is 29.1 Å². The molecule has 10 nitrogen and oxygen atoms in total. The molecule has 0 radical (unpaired) electrons. The molecule has 162 valence electrons. The molecule has 0 aliphatic rings. The summed E-state index contributed by atoms with van der Waals surface area (Å²) in [6.45, 7) is 0.477. The number of rotatable bonds is 8. The molecule has 3 aromatic heterocycles. The quantitative estimate of drug-likeness (QED) is 0.392. The number of sulfonamides is 1. The molecule has 4 rings (SSSR count). The molecular formula is C21H19N7O3S. The molecule has 0 amide bonds. The van der Waals surface area contributed by atoms with Crippen LogP contribution >= 0.6 is 0 Å². The zero-order valence-corrected chi connectivity index (χ0v) is 17.9. The number of nitriles is 1. The number of hydrogen-bond acceptors (Lipinski definition) is 8. The van der Waals surface area contributed by atoms with Gasteiger partial charge in [0.25, 0.3) is 0 Å². The first-order valence-corrected chi connectivity index (χ1v) is 11.1. The van der Waals surface area contributed by atoms with Gasteiger partial charge in [0.15, 0.2) is 0 Å². The molecule has 0 atom stereocenters. The number of pyridine rings is 1. The Kier molecular flexibility index (Phi) is 6.09. The van der Waals surface area contributed by atoms with Crippen LogP contribution in [0.5, 0.6) is 0 Å². The van der Waals surface area contributed by atoms with Crippen LogP contribution in [0.15, 0.2) is 65.8 Å². The lowest BCUT2D eigenvalue weighted by Gasteiger charge is -2.09. The van der Waals surface area contributed by atoms with E-state index in [9.17, 15) is 13.7 Å². The summed E-state index contributed by atoms with van der Waals surface area (Å²) >= 11 is 0. The second kappa shape index (κ2) is 9.11. The fourth-order valence-corrected chi connectivity index (χ4v) is 4.09. The van der Waals surface area contributed by atoms with Crippen LogP contribution in [0.1, 0.15) is 5.69 Å². The number of ether oxygens (including phenoxy) is 1. The molecule has 0 spiro atoms. The summed E-state index contributed by atoms with van der Waals surface area (Å²) in [4.78, 5) is 13.2. The lowest BCUT2D eigenvalue weighted by atomic mass is 10.3. The topological polar surface area (TPSA) is 134 Å². The summed E-state index contributed by atoms with van der Waals surface area (Å²) in [6.07, 6.45) is 3.25. The van der Waals surface area contributed by atoms with Gasteiger partial charge in [-0.3, -0.25) is 4.40 Å². The Morgan fingerprint density at radius 1 is 1.12 bits per heavy atom. The normalized spacial score (nSPS) is 11.4. The Bertz CT molecular complexity index is 1390. The predicted molar refractivity (Wildman–Crippen MR) is 118 cm³/mol. The van der Waals surface area contributed by atoms with E-state index in [1.807, 2.05) is 6.07 Å². The highest BCUT2D eigenvalue weighted by Crippen LogP contribution is 2.23. The highest BCUT2D eigenvalue weighted by atomic mass is 32.2. The molecule has 0 saturated carbocycles. The van der Waals surface area contributed by atoms with Crippen LogP contribution in [0.2, 0.25) is 0 Å². The molecule has 3 heterocycles. The van der Waals surface area contributed by atoms with Crippen molar-refractivity contribution in [2.24, 2.45) is 0 Å². The number of benzene rings is 1. The Labute approximate surface area is 184 Å². The Hall–Kier alpha value is -3.85. The van der Waals surface area contributed by atoms with E-state index < -0.39 is 10.0 Å². The first-order chi connectivity index (χ1) is 15.5. The fourth-order valence-electron chi connectivity index (χ4n) is 3.07. The Balaban J connectivity index is 1.56. The molecule has 1 aromatic carbocycles. The molecule has 0 bridgehead atoms. The first-order valence-electron chi connectivity index (χ1n) is 9.57. The largest absolute Gasteiger partial charge is 0.383 e. The van der Waals surface area contributed by atoms with Gasteiger partial charge in [0, 0.05) is 25.5 Å². The number of fused-ring (bicyclic) bond motifs is 1.